The Morgan fingerprint density at radius 3 is 1.19 bits per heavy atom. The van der Waals surface area contributed by atoms with Crippen LogP contribution in [0.3, 0.4) is 0 Å². The normalized spacial score (nSPS) is 13.5. The molecule has 0 saturated heterocycles. The van der Waals surface area contributed by atoms with Crippen LogP contribution in [0.1, 0.15) is 82.1 Å². The maximum absolute atomic E-state index is 13.8. The maximum Gasteiger partial charge on any atom is 0.277 e. The zero-order valence-corrected chi connectivity index (χ0v) is 28.4. The van der Waals surface area contributed by atoms with Gasteiger partial charge < -0.3 is 14.2 Å². The van der Waals surface area contributed by atoms with Crippen molar-refractivity contribution in [1.82, 2.24) is 0 Å². The zero-order valence-electron chi connectivity index (χ0n) is 26.8. The first-order valence-corrected chi connectivity index (χ1v) is 17.6. The highest BCUT2D eigenvalue weighted by Crippen LogP contribution is 2.71. The molecule has 0 spiro atoms. The monoisotopic (exact) mass is 616 g/mol. The summed E-state index contributed by atoms with van der Waals surface area (Å²) in [6.07, 6.45) is 1.22. The lowest BCUT2D eigenvalue weighted by atomic mass is 10.2. The minimum Gasteiger partial charge on any atom is -0.488 e. The smallest absolute Gasteiger partial charge is 0.277 e. The second-order valence-electron chi connectivity index (χ2n) is 13.3. The van der Waals surface area contributed by atoms with Crippen molar-refractivity contribution >= 4 is 20.4 Å². The Morgan fingerprint density at radius 2 is 0.905 bits per heavy atom. The van der Waals surface area contributed by atoms with E-state index < -0.39 is 37.2 Å². The van der Waals surface area contributed by atoms with Crippen LogP contribution in [0.2, 0.25) is 0 Å². The average Bonchev–Trinajstić information content (AvgIpc) is 2.83. The van der Waals surface area contributed by atoms with Gasteiger partial charge in [0, 0.05) is 14.7 Å². The van der Waals surface area contributed by atoms with E-state index in [1.165, 1.54) is 0 Å². The van der Waals surface area contributed by atoms with E-state index in [9.17, 15) is 8.42 Å². The van der Waals surface area contributed by atoms with Crippen LogP contribution in [0.15, 0.2) is 87.5 Å². The molecule has 0 aliphatic heterocycles. The van der Waals surface area contributed by atoms with Gasteiger partial charge in [-0.2, -0.15) is 8.42 Å². The van der Waals surface area contributed by atoms with Crippen molar-refractivity contribution in [3.05, 3.63) is 72.8 Å². The van der Waals surface area contributed by atoms with E-state index in [1.807, 2.05) is 142 Å². The molecule has 0 aliphatic carbocycles. The molecule has 0 atom stereocenters. The van der Waals surface area contributed by atoms with E-state index in [0.29, 0.717) is 38.4 Å². The van der Waals surface area contributed by atoms with E-state index in [-0.39, 0.29) is 5.75 Å². The highest BCUT2D eigenvalue weighted by Gasteiger charge is 2.39. The highest BCUT2D eigenvalue weighted by molar-refractivity contribution is 8.33. The number of ether oxygens (including phenoxy) is 3. The van der Waals surface area contributed by atoms with Crippen LogP contribution in [0.5, 0.6) is 17.2 Å². The molecule has 0 fully saturated rings. The molecule has 3 rings (SSSR count). The Bertz CT molecular complexity index is 1300. The Hall–Kier alpha value is -2.68. The molecule has 232 valence electrons. The Labute approximate surface area is 255 Å². The fraction of sp³-hybridized carbons (Fsp3) is 0.471. The van der Waals surface area contributed by atoms with Crippen molar-refractivity contribution in [2.75, 3.05) is 5.75 Å². The first-order valence-electron chi connectivity index (χ1n) is 14.5. The molecule has 0 radical (unpaired) electrons. The molecule has 0 aromatic heterocycles. The van der Waals surface area contributed by atoms with Crippen LogP contribution in [0.4, 0.5) is 0 Å². The molecule has 42 heavy (non-hydrogen) atoms. The average molecular weight is 617 g/mol. The molecule has 3 aromatic rings. The van der Waals surface area contributed by atoms with Gasteiger partial charge in [-0.05, 0) is 134 Å². The predicted octanol–water partition coefficient (Wildman–Crippen LogP) is 9.56. The molecule has 3 aromatic carbocycles. The van der Waals surface area contributed by atoms with Crippen LogP contribution in [0, 0.1) is 0 Å². The van der Waals surface area contributed by atoms with Crippen molar-refractivity contribution in [2.45, 2.75) is 114 Å². The summed E-state index contributed by atoms with van der Waals surface area (Å²) in [5.41, 5.74) is -1.36. The lowest BCUT2D eigenvalue weighted by Gasteiger charge is -2.40. The van der Waals surface area contributed by atoms with Gasteiger partial charge in [0.25, 0.3) is 10.1 Å². The number of hydrogen-bond donors (Lipinski definition) is 0. The standard InChI is InChI=1S/C34H48O6S2/c1-11-12-22-41(35,36)40-42(29-19-13-16-26(23-29)37-32(2,3)4,30-20-14-17-27(24-30)38-33(5,6)7)31-21-15-18-28(25-31)39-34(8,9)10/h13-21,23-25H,11-12,22H2,1-10H3. The predicted molar refractivity (Wildman–Crippen MR) is 173 cm³/mol. The molecule has 0 saturated carbocycles. The first-order chi connectivity index (χ1) is 19.3. The summed E-state index contributed by atoms with van der Waals surface area (Å²) < 4.78 is 52.8. The van der Waals surface area contributed by atoms with Crippen molar-refractivity contribution in [3.63, 3.8) is 0 Å². The summed E-state index contributed by atoms with van der Waals surface area (Å²) in [5, 5.41) is 0. The van der Waals surface area contributed by atoms with E-state index in [4.69, 9.17) is 17.8 Å². The summed E-state index contributed by atoms with van der Waals surface area (Å²) in [4.78, 5) is 2.06. The van der Waals surface area contributed by atoms with Crippen molar-refractivity contribution in [3.8, 4) is 17.2 Å². The molecular formula is C34H48O6S2. The lowest BCUT2D eigenvalue weighted by molar-refractivity contribution is 0.130. The third-order valence-corrected chi connectivity index (χ3v) is 10.8. The summed E-state index contributed by atoms with van der Waals surface area (Å²) in [6.45, 7) is 19.8. The topological polar surface area (TPSA) is 71.1 Å². The van der Waals surface area contributed by atoms with Crippen LogP contribution >= 0.6 is 10.3 Å². The van der Waals surface area contributed by atoms with Gasteiger partial charge in [-0.1, -0.05) is 31.5 Å². The van der Waals surface area contributed by atoms with Gasteiger partial charge in [-0.15, -0.1) is 0 Å². The Morgan fingerprint density at radius 1 is 0.571 bits per heavy atom. The zero-order chi connectivity index (χ0) is 31.4. The largest absolute Gasteiger partial charge is 0.488 e. The van der Waals surface area contributed by atoms with Gasteiger partial charge in [-0.3, -0.25) is 0 Å². The van der Waals surface area contributed by atoms with Gasteiger partial charge in [0.1, 0.15) is 34.1 Å². The fourth-order valence-electron chi connectivity index (χ4n) is 4.25. The number of unbranched alkanes of at least 4 members (excludes halogenated alkanes) is 1. The number of benzene rings is 3. The second kappa shape index (κ2) is 12.9. The molecule has 0 bridgehead atoms. The van der Waals surface area contributed by atoms with E-state index in [0.717, 1.165) is 6.42 Å². The quantitative estimate of drug-likeness (QED) is 0.214. The van der Waals surface area contributed by atoms with Crippen LogP contribution < -0.4 is 14.2 Å². The summed E-state index contributed by atoms with van der Waals surface area (Å²) in [5.74, 6) is 1.77. The van der Waals surface area contributed by atoms with Crippen LogP contribution in [-0.4, -0.2) is 31.0 Å². The second-order valence-corrected chi connectivity index (χ2v) is 17.9. The molecule has 0 amide bonds. The van der Waals surface area contributed by atoms with Gasteiger partial charge in [0.05, 0.1) is 5.75 Å². The van der Waals surface area contributed by atoms with E-state index in [2.05, 4.69) is 0 Å². The van der Waals surface area contributed by atoms with Crippen LogP contribution in [-0.2, 0) is 13.7 Å². The van der Waals surface area contributed by atoms with Gasteiger partial charge in [0.15, 0.2) is 0 Å². The Kier molecular flexibility index (Phi) is 10.4. The minimum absolute atomic E-state index is 0.0905. The summed E-state index contributed by atoms with van der Waals surface area (Å²) in [6, 6.07) is 22.7. The fourth-order valence-corrected chi connectivity index (χ4v) is 9.82. The minimum atomic E-state index is -3.98. The molecule has 8 heteroatoms. The van der Waals surface area contributed by atoms with Gasteiger partial charge >= 0.3 is 0 Å². The number of hydrogen-bond acceptors (Lipinski definition) is 6. The SMILES string of the molecule is CCCCS(=O)(=O)OS(c1cccc(OC(C)(C)C)c1)(c1cccc(OC(C)(C)C)c1)c1cccc(OC(C)(C)C)c1. The van der Waals surface area contributed by atoms with Gasteiger partial charge in [-0.25, -0.2) is 3.63 Å². The van der Waals surface area contributed by atoms with Crippen molar-refractivity contribution in [2.24, 2.45) is 0 Å². The molecule has 6 nitrogen and oxygen atoms in total. The highest BCUT2D eigenvalue weighted by atomic mass is 32.3. The van der Waals surface area contributed by atoms with E-state index >= 15 is 0 Å². The molecule has 0 unspecified atom stereocenters. The lowest BCUT2D eigenvalue weighted by Crippen LogP contribution is -2.24. The van der Waals surface area contributed by atoms with Gasteiger partial charge in [0.2, 0.25) is 0 Å². The molecule has 0 heterocycles. The third-order valence-electron chi connectivity index (χ3n) is 5.64. The molecular weight excluding hydrogens is 569 g/mol. The maximum atomic E-state index is 13.8. The molecule has 0 N–H and O–H groups in total. The molecule has 0 aliphatic rings. The van der Waals surface area contributed by atoms with Crippen molar-refractivity contribution in [1.29, 1.82) is 0 Å². The number of rotatable bonds is 11. The first kappa shape index (κ1) is 33.8. The summed E-state index contributed by atoms with van der Waals surface area (Å²) >= 11 is 0. The van der Waals surface area contributed by atoms with Crippen LogP contribution in [0.25, 0.3) is 0 Å². The Balaban J connectivity index is 2.42. The third kappa shape index (κ3) is 9.68. The summed E-state index contributed by atoms with van der Waals surface area (Å²) in [7, 11) is -6.86. The van der Waals surface area contributed by atoms with E-state index in [1.54, 1.807) is 0 Å². The van der Waals surface area contributed by atoms with Crippen molar-refractivity contribution < 1.29 is 26.3 Å².